The maximum Gasteiger partial charge on any atom is 0.0328 e. The van der Waals surface area contributed by atoms with Crippen LogP contribution in [0.15, 0.2) is 18.2 Å². The molecule has 0 amide bonds. The van der Waals surface area contributed by atoms with E-state index in [4.69, 9.17) is 5.73 Å². The molecule has 1 aromatic rings. The molecular formula is C13H19N. The van der Waals surface area contributed by atoms with Gasteiger partial charge in [-0.3, -0.25) is 0 Å². The highest BCUT2D eigenvalue weighted by atomic mass is 14.7. The van der Waals surface area contributed by atoms with Crippen molar-refractivity contribution in [2.45, 2.75) is 39.2 Å². The standard InChI is InChI=1S/C13H19N/c1-9-5-3-6-10(2)12(9)13(14)11-7-4-8-11/h3,5-6,11,13H,4,7-8,14H2,1-2H3/t13-/m0/s1. The van der Waals surface area contributed by atoms with Crippen LogP contribution < -0.4 is 5.73 Å². The topological polar surface area (TPSA) is 26.0 Å². The summed E-state index contributed by atoms with van der Waals surface area (Å²) in [7, 11) is 0. The summed E-state index contributed by atoms with van der Waals surface area (Å²) in [6.07, 6.45) is 3.99. The number of nitrogens with two attached hydrogens (primary N) is 1. The van der Waals surface area contributed by atoms with Gasteiger partial charge in [-0.1, -0.05) is 24.6 Å². The van der Waals surface area contributed by atoms with Gasteiger partial charge in [-0.05, 0) is 49.3 Å². The van der Waals surface area contributed by atoms with Gasteiger partial charge in [-0.15, -0.1) is 0 Å². The normalized spacial score (nSPS) is 19.1. The van der Waals surface area contributed by atoms with E-state index in [0.717, 1.165) is 5.92 Å². The van der Waals surface area contributed by atoms with Crippen molar-refractivity contribution in [2.75, 3.05) is 0 Å². The number of hydrogen-bond acceptors (Lipinski definition) is 1. The first kappa shape index (κ1) is 9.72. The lowest BCUT2D eigenvalue weighted by Gasteiger charge is -2.33. The molecule has 0 radical (unpaired) electrons. The lowest BCUT2D eigenvalue weighted by atomic mass is 9.76. The Morgan fingerprint density at radius 2 is 1.79 bits per heavy atom. The van der Waals surface area contributed by atoms with Crippen molar-refractivity contribution < 1.29 is 0 Å². The molecule has 14 heavy (non-hydrogen) atoms. The van der Waals surface area contributed by atoms with Crippen molar-refractivity contribution in [1.82, 2.24) is 0 Å². The van der Waals surface area contributed by atoms with Gasteiger partial charge in [-0.25, -0.2) is 0 Å². The first-order valence-electron chi connectivity index (χ1n) is 5.52. The van der Waals surface area contributed by atoms with Crippen LogP contribution in [0.2, 0.25) is 0 Å². The minimum Gasteiger partial charge on any atom is -0.324 e. The molecular weight excluding hydrogens is 170 g/mol. The number of benzene rings is 1. The van der Waals surface area contributed by atoms with Crippen LogP contribution in [-0.2, 0) is 0 Å². The molecule has 1 aliphatic carbocycles. The van der Waals surface area contributed by atoms with Gasteiger partial charge < -0.3 is 5.73 Å². The fraction of sp³-hybridized carbons (Fsp3) is 0.538. The lowest BCUT2D eigenvalue weighted by Crippen LogP contribution is -2.28. The zero-order valence-electron chi connectivity index (χ0n) is 9.09. The summed E-state index contributed by atoms with van der Waals surface area (Å²) in [5.41, 5.74) is 10.4. The van der Waals surface area contributed by atoms with Crippen molar-refractivity contribution in [1.29, 1.82) is 0 Å². The molecule has 0 spiro atoms. The minimum atomic E-state index is 0.268. The molecule has 1 atom stereocenters. The van der Waals surface area contributed by atoms with Gasteiger partial charge in [0.05, 0.1) is 0 Å². The van der Waals surface area contributed by atoms with Crippen LogP contribution in [0.25, 0.3) is 0 Å². The molecule has 1 aromatic carbocycles. The van der Waals surface area contributed by atoms with E-state index < -0.39 is 0 Å². The van der Waals surface area contributed by atoms with Crippen LogP contribution in [0.1, 0.15) is 42.0 Å². The molecule has 0 saturated heterocycles. The molecule has 0 bridgehead atoms. The highest BCUT2D eigenvalue weighted by molar-refractivity contribution is 5.36. The molecule has 0 heterocycles. The van der Waals surface area contributed by atoms with Crippen LogP contribution in [0, 0.1) is 19.8 Å². The average molecular weight is 189 g/mol. The van der Waals surface area contributed by atoms with E-state index in [2.05, 4.69) is 32.0 Å². The molecule has 0 aliphatic heterocycles. The maximum absolute atomic E-state index is 6.30. The molecule has 2 rings (SSSR count). The Hall–Kier alpha value is -0.820. The van der Waals surface area contributed by atoms with Crippen LogP contribution >= 0.6 is 0 Å². The molecule has 0 unspecified atom stereocenters. The van der Waals surface area contributed by atoms with Gasteiger partial charge in [0.2, 0.25) is 0 Å². The van der Waals surface area contributed by atoms with Crippen LogP contribution in [0.3, 0.4) is 0 Å². The van der Waals surface area contributed by atoms with Crippen molar-refractivity contribution in [3.8, 4) is 0 Å². The minimum absolute atomic E-state index is 0.268. The average Bonchev–Trinajstić information content (AvgIpc) is 2.00. The number of hydrogen-bond donors (Lipinski definition) is 1. The smallest absolute Gasteiger partial charge is 0.0328 e. The molecule has 1 heteroatoms. The fourth-order valence-corrected chi connectivity index (χ4v) is 2.39. The highest BCUT2D eigenvalue weighted by Gasteiger charge is 2.27. The second-order valence-corrected chi connectivity index (χ2v) is 4.52. The Balaban J connectivity index is 2.29. The maximum atomic E-state index is 6.30. The van der Waals surface area contributed by atoms with E-state index in [-0.39, 0.29) is 6.04 Å². The number of aryl methyl sites for hydroxylation is 2. The van der Waals surface area contributed by atoms with Crippen LogP contribution in [0.5, 0.6) is 0 Å². The van der Waals surface area contributed by atoms with Gasteiger partial charge in [0, 0.05) is 6.04 Å². The Morgan fingerprint density at radius 1 is 1.21 bits per heavy atom. The monoisotopic (exact) mass is 189 g/mol. The van der Waals surface area contributed by atoms with E-state index in [1.165, 1.54) is 36.0 Å². The van der Waals surface area contributed by atoms with Crippen LogP contribution in [-0.4, -0.2) is 0 Å². The van der Waals surface area contributed by atoms with E-state index in [1.807, 2.05) is 0 Å². The number of rotatable bonds is 2. The summed E-state index contributed by atoms with van der Waals surface area (Å²) in [6, 6.07) is 6.72. The van der Waals surface area contributed by atoms with E-state index in [9.17, 15) is 0 Å². The summed E-state index contributed by atoms with van der Waals surface area (Å²) in [6.45, 7) is 4.34. The zero-order chi connectivity index (χ0) is 10.1. The summed E-state index contributed by atoms with van der Waals surface area (Å²) in [4.78, 5) is 0. The van der Waals surface area contributed by atoms with Gasteiger partial charge in [0.15, 0.2) is 0 Å². The summed E-state index contributed by atoms with van der Waals surface area (Å²) >= 11 is 0. The van der Waals surface area contributed by atoms with Gasteiger partial charge in [0.1, 0.15) is 0 Å². The SMILES string of the molecule is Cc1cccc(C)c1[C@@H](N)C1CCC1. The summed E-state index contributed by atoms with van der Waals surface area (Å²) < 4.78 is 0. The quantitative estimate of drug-likeness (QED) is 0.760. The third-order valence-electron chi connectivity index (χ3n) is 3.53. The molecule has 0 aromatic heterocycles. The molecule has 1 saturated carbocycles. The highest BCUT2D eigenvalue weighted by Crippen LogP contribution is 2.38. The van der Waals surface area contributed by atoms with Gasteiger partial charge in [0.25, 0.3) is 0 Å². The van der Waals surface area contributed by atoms with E-state index in [1.54, 1.807) is 0 Å². The Morgan fingerprint density at radius 3 is 2.21 bits per heavy atom. The first-order chi connectivity index (χ1) is 6.70. The molecule has 1 fully saturated rings. The van der Waals surface area contributed by atoms with Gasteiger partial charge >= 0.3 is 0 Å². The largest absolute Gasteiger partial charge is 0.324 e. The lowest BCUT2D eigenvalue weighted by molar-refractivity contribution is 0.263. The summed E-state index contributed by atoms with van der Waals surface area (Å²) in [5, 5.41) is 0. The molecule has 1 aliphatic rings. The van der Waals surface area contributed by atoms with Crippen molar-refractivity contribution >= 4 is 0 Å². The second kappa shape index (κ2) is 3.74. The van der Waals surface area contributed by atoms with E-state index >= 15 is 0 Å². The predicted octanol–water partition coefficient (Wildman–Crippen LogP) is 3.10. The molecule has 76 valence electrons. The fourth-order valence-electron chi connectivity index (χ4n) is 2.39. The third kappa shape index (κ3) is 1.57. The second-order valence-electron chi connectivity index (χ2n) is 4.52. The van der Waals surface area contributed by atoms with Crippen molar-refractivity contribution in [3.05, 3.63) is 34.9 Å². The molecule has 1 nitrogen and oxygen atoms in total. The van der Waals surface area contributed by atoms with Crippen molar-refractivity contribution in [3.63, 3.8) is 0 Å². The Bertz CT molecular complexity index is 306. The van der Waals surface area contributed by atoms with Crippen molar-refractivity contribution in [2.24, 2.45) is 11.7 Å². The van der Waals surface area contributed by atoms with Gasteiger partial charge in [-0.2, -0.15) is 0 Å². The zero-order valence-corrected chi connectivity index (χ0v) is 9.09. The predicted molar refractivity (Wildman–Crippen MR) is 60.2 cm³/mol. The Labute approximate surface area is 86.3 Å². The Kier molecular flexibility index (Phi) is 2.60. The van der Waals surface area contributed by atoms with E-state index in [0.29, 0.717) is 0 Å². The van der Waals surface area contributed by atoms with Crippen LogP contribution in [0.4, 0.5) is 0 Å². The third-order valence-corrected chi connectivity index (χ3v) is 3.53. The first-order valence-corrected chi connectivity index (χ1v) is 5.52. The molecule has 2 N–H and O–H groups in total. The summed E-state index contributed by atoms with van der Waals surface area (Å²) in [5.74, 6) is 0.731.